The lowest BCUT2D eigenvalue weighted by molar-refractivity contribution is -0.113. The Morgan fingerprint density at radius 2 is 2.10 bits per heavy atom. The van der Waals surface area contributed by atoms with Crippen molar-refractivity contribution in [1.29, 1.82) is 0 Å². The number of amides is 1. The summed E-state index contributed by atoms with van der Waals surface area (Å²) >= 11 is 1.33. The van der Waals surface area contributed by atoms with E-state index in [1.165, 1.54) is 11.8 Å². The third-order valence-electron chi connectivity index (χ3n) is 2.50. The minimum atomic E-state index is -0.0589. The number of nitrogens with one attached hydrogen (secondary N) is 2. The summed E-state index contributed by atoms with van der Waals surface area (Å²) in [7, 11) is 0. The SMILES string of the molecule is CC(C)Cc1nc(SCC(=O)Nc2ccccc2)n[nH]1. The van der Waals surface area contributed by atoms with E-state index in [2.05, 4.69) is 34.3 Å². The summed E-state index contributed by atoms with van der Waals surface area (Å²) < 4.78 is 0. The van der Waals surface area contributed by atoms with E-state index in [1.54, 1.807) is 0 Å². The minimum absolute atomic E-state index is 0.0589. The number of aromatic nitrogens is 3. The van der Waals surface area contributed by atoms with E-state index in [1.807, 2.05) is 30.3 Å². The zero-order chi connectivity index (χ0) is 14.4. The van der Waals surface area contributed by atoms with Gasteiger partial charge in [-0.15, -0.1) is 5.10 Å². The highest BCUT2D eigenvalue weighted by molar-refractivity contribution is 7.99. The molecule has 0 aliphatic carbocycles. The summed E-state index contributed by atoms with van der Waals surface area (Å²) in [6.45, 7) is 4.26. The van der Waals surface area contributed by atoms with Crippen LogP contribution in [0.2, 0.25) is 0 Å². The first-order valence-corrected chi connectivity index (χ1v) is 7.51. The van der Waals surface area contributed by atoms with Crippen molar-refractivity contribution in [2.75, 3.05) is 11.1 Å². The molecule has 5 nitrogen and oxygen atoms in total. The van der Waals surface area contributed by atoms with Crippen LogP contribution in [0.5, 0.6) is 0 Å². The second kappa shape index (κ2) is 7.09. The molecule has 0 atom stereocenters. The molecule has 0 radical (unpaired) electrons. The zero-order valence-electron chi connectivity index (χ0n) is 11.6. The average molecular weight is 290 g/mol. The maximum absolute atomic E-state index is 11.8. The van der Waals surface area contributed by atoms with Gasteiger partial charge in [-0.2, -0.15) is 0 Å². The van der Waals surface area contributed by atoms with Crippen LogP contribution in [0.3, 0.4) is 0 Å². The molecule has 2 N–H and O–H groups in total. The molecular formula is C14H18N4OS. The van der Waals surface area contributed by atoms with E-state index < -0.39 is 0 Å². The van der Waals surface area contributed by atoms with Crippen molar-refractivity contribution in [3.63, 3.8) is 0 Å². The van der Waals surface area contributed by atoms with E-state index >= 15 is 0 Å². The molecule has 1 heterocycles. The van der Waals surface area contributed by atoms with Gasteiger partial charge in [-0.25, -0.2) is 4.98 Å². The molecule has 0 saturated carbocycles. The van der Waals surface area contributed by atoms with Gasteiger partial charge < -0.3 is 5.32 Å². The Morgan fingerprint density at radius 1 is 1.35 bits per heavy atom. The Morgan fingerprint density at radius 3 is 2.80 bits per heavy atom. The standard InChI is InChI=1S/C14H18N4OS/c1-10(2)8-12-16-14(18-17-12)20-9-13(19)15-11-6-4-3-5-7-11/h3-7,10H,8-9H2,1-2H3,(H,15,19)(H,16,17,18). The number of hydrogen-bond acceptors (Lipinski definition) is 4. The van der Waals surface area contributed by atoms with Crippen molar-refractivity contribution in [2.45, 2.75) is 25.4 Å². The fraction of sp³-hybridized carbons (Fsp3) is 0.357. The summed E-state index contributed by atoms with van der Waals surface area (Å²) in [5.41, 5.74) is 0.800. The van der Waals surface area contributed by atoms with Crippen LogP contribution in [0.1, 0.15) is 19.7 Å². The number of hydrogen-bond donors (Lipinski definition) is 2. The molecule has 20 heavy (non-hydrogen) atoms. The number of anilines is 1. The van der Waals surface area contributed by atoms with Gasteiger partial charge in [-0.1, -0.05) is 43.8 Å². The molecule has 6 heteroatoms. The Hall–Kier alpha value is -1.82. The minimum Gasteiger partial charge on any atom is -0.325 e. The maximum Gasteiger partial charge on any atom is 0.234 e. The first kappa shape index (κ1) is 14.6. The third kappa shape index (κ3) is 4.70. The fourth-order valence-corrected chi connectivity index (χ4v) is 2.29. The highest BCUT2D eigenvalue weighted by Crippen LogP contribution is 2.14. The third-order valence-corrected chi connectivity index (χ3v) is 3.35. The van der Waals surface area contributed by atoms with Gasteiger partial charge in [0.1, 0.15) is 5.82 Å². The van der Waals surface area contributed by atoms with Gasteiger partial charge in [0.25, 0.3) is 0 Å². The van der Waals surface area contributed by atoms with Crippen LogP contribution in [-0.4, -0.2) is 26.8 Å². The topological polar surface area (TPSA) is 70.7 Å². The molecular weight excluding hydrogens is 272 g/mol. The number of thioether (sulfide) groups is 1. The summed E-state index contributed by atoms with van der Waals surface area (Å²) in [4.78, 5) is 16.1. The molecule has 0 fully saturated rings. The highest BCUT2D eigenvalue weighted by atomic mass is 32.2. The predicted octanol–water partition coefficient (Wildman–Crippen LogP) is 2.73. The van der Waals surface area contributed by atoms with Crippen molar-refractivity contribution in [1.82, 2.24) is 15.2 Å². The molecule has 0 aliphatic heterocycles. The van der Waals surface area contributed by atoms with Gasteiger partial charge in [0, 0.05) is 12.1 Å². The Balaban J connectivity index is 1.80. The van der Waals surface area contributed by atoms with Gasteiger partial charge in [0.05, 0.1) is 5.75 Å². The van der Waals surface area contributed by atoms with Crippen molar-refractivity contribution >= 4 is 23.4 Å². The summed E-state index contributed by atoms with van der Waals surface area (Å²) in [6.07, 6.45) is 0.865. The summed E-state index contributed by atoms with van der Waals surface area (Å²) in [6, 6.07) is 9.40. The number of carbonyl (C=O) groups is 1. The van der Waals surface area contributed by atoms with E-state index in [4.69, 9.17) is 0 Å². The molecule has 2 rings (SSSR count). The average Bonchev–Trinajstić information content (AvgIpc) is 2.84. The molecule has 1 aromatic heterocycles. The second-order valence-electron chi connectivity index (χ2n) is 4.87. The Bertz CT molecular complexity index is 553. The molecule has 0 bridgehead atoms. The number of benzene rings is 1. The first-order chi connectivity index (χ1) is 9.63. The van der Waals surface area contributed by atoms with Crippen LogP contribution in [0.15, 0.2) is 35.5 Å². The van der Waals surface area contributed by atoms with Crippen molar-refractivity contribution in [3.8, 4) is 0 Å². The van der Waals surface area contributed by atoms with Crippen LogP contribution in [0.4, 0.5) is 5.69 Å². The zero-order valence-corrected chi connectivity index (χ0v) is 12.4. The molecule has 0 saturated heterocycles. The van der Waals surface area contributed by atoms with Crippen LogP contribution >= 0.6 is 11.8 Å². The van der Waals surface area contributed by atoms with E-state index in [9.17, 15) is 4.79 Å². The largest absolute Gasteiger partial charge is 0.325 e. The van der Waals surface area contributed by atoms with E-state index in [0.717, 1.165) is 17.9 Å². The van der Waals surface area contributed by atoms with Gasteiger partial charge in [0.15, 0.2) is 0 Å². The van der Waals surface area contributed by atoms with Crippen molar-refractivity contribution < 1.29 is 4.79 Å². The maximum atomic E-state index is 11.8. The number of para-hydroxylation sites is 1. The Kier molecular flexibility index (Phi) is 5.17. The lowest BCUT2D eigenvalue weighted by Crippen LogP contribution is -2.13. The lowest BCUT2D eigenvalue weighted by Gasteiger charge is -2.02. The Labute approximate surface area is 122 Å². The van der Waals surface area contributed by atoms with Crippen LogP contribution in [0.25, 0.3) is 0 Å². The monoisotopic (exact) mass is 290 g/mol. The fourth-order valence-electron chi connectivity index (χ4n) is 1.67. The number of nitrogens with zero attached hydrogens (tertiary/aromatic N) is 2. The molecule has 0 aliphatic rings. The summed E-state index contributed by atoms with van der Waals surface area (Å²) in [5.74, 6) is 1.64. The highest BCUT2D eigenvalue weighted by Gasteiger charge is 2.08. The number of aromatic amines is 1. The van der Waals surface area contributed by atoms with Gasteiger partial charge in [-0.05, 0) is 18.1 Å². The van der Waals surface area contributed by atoms with Crippen molar-refractivity contribution in [2.24, 2.45) is 5.92 Å². The van der Waals surface area contributed by atoms with E-state index in [-0.39, 0.29) is 5.91 Å². The number of H-pyrrole nitrogens is 1. The van der Waals surface area contributed by atoms with E-state index in [0.29, 0.717) is 16.8 Å². The van der Waals surface area contributed by atoms with Crippen LogP contribution in [0, 0.1) is 5.92 Å². The van der Waals surface area contributed by atoms with Crippen LogP contribution in [-0.2, 0) is 11.2 Å². The molecule has 2 aromatic rings. The normalized spacial score (nSPS) is 10.8. The number of rotatable bonds is 6. The van der Waals surface area contributed by atoms with Crippen LogP contribution < -0.4 is 5.32 Å². The predicted molar refractivity (Wildman–Crippen MR) is 80.7 cm³/mol. The van der Waals surface area contributed by atoms with Gasteiger partial charge >= 0.3 is 0 Å². The molecule has 106 valence electrons. The smallest absolute Gasteiger partial charge is 0.234 e. The summed E-state index contributed by atoms with van der Waals surface area (Å²) in [5, 5.41) is 10.4. The number of carbonyl (C=O) groups excluding carboxylic acids is 1. The first-order valence-electron chi connectivity index (χ1n) is 6.52. The lowest BCUT2D eigenvalue weighted by atomic mass is 10.1. The quantitative estimate of drug-likeness (QED) is 0.803. The second-order valence-corrected chi connectivity index (χ2v) is 5.81. The van der Waals surface area contributed by atoms with Crippen molar-refractivity contribution in [3.05, 3.63) is 36.2 Å². The van der Waals surface area contributed by atoms with Gasteiger partial charge in [-0.3, -0.25) is 9.89 Å². The molecule has 1 amide bonds. The molecule has 0 unspecified atom stereocenters. The molecule has 0 spiro atoms. The molecule has 1 aromatic carbocycles. The van der Waals surface area contributed by atoms with Gasteiger partial charge in [0.2, 0.25) is 11.1 Å².